The number of nitrogens with one attached hydrogen (secondary N) is 2. The number of rotatable bonds is 22. The summed E-state index contributed by atoms with van der Waals surface area (Å²) >= 11 is 0. The van der Waals surface area contributed by atoms with Crippen molar-refractivity contribution >= 4 is 11.4 Å². The van der Waals surface area contributed by atoms with E-state index in [0.717, 1.165) is 39.0 Å². The zero-order valence-corrected chi connectivity index (χ0v) is 23.2. The zero-order chi connectivity index (χ0) is 25.2. The topological polar surface area (TPSA) is 61.4 Å². The predicted molar refractivity (Wildman–Crippen MR) is 150 cm³/mol. The van der Waals surface area contributed by atoms with Gasteiger partial charge in [0.1, 0.15) is 11.4 Å². The van der Waals surface area contributed by atoms with Crippen molar-refractivity contribution in [2.45, 2.75) is 125 Å². The first-order chi connectivity index (χ1) is 16.3. The Morgan fingerprint density at radius 1 is 0.588 bits per heavy atom. The van der Waals surface area contributed by atoms with E-state index in [-0.39, 0.29) is 16.3 Å². The van der Waals surface area contributed by atoms with Crippen LogP contribution in [0.25, 0.3) is 0 Å². The van der Waals surface area contributed by atoms with Gasteiger partial charge in [0.2, 0.25) is 0 Å². The molecule has 0 bridgehead atoms. The lowest BCUT2D eigenvalue weighted by Gasteiger charge is -2.24. The summed E-state index contributed by atoms with van der Waals surface area (Å²) in [4.78, 5) is 26.7. The first kappa shape index (κ1) is 30.7. The Morgan fingerprint density at radius 3 is 1.50 bits per heavy atom. The van der Waals surface area contributed by atoms with Crippen LogP contribution in [-0.2, 0) is 0 Å². The van der Waals surface area contributed by atoms with E-state index in [4.69, 9.17) is 0 Å². The monoisotopic (exact) mass is 477 g/mol. The lowest BCUT2D eigenvalue weighted by Crippen LogP contribution is -2.39. The van der Waals surface area contributed by atoms with E-state index in [2.05, 4.69) is 50.2 Å². The Bertz CT molecular complexity index is 685. The number of anilines is 2. The Kier molecular flexibility index (Phi) is 16.2. The van der Waals surface area contributed by atoms with Gasteiger partial charge in [0.25, 0.3) is 10.9 Å². The maximum absolute atomic E-state index is 12.1. The van der Waals surface area contributed by atoms with Crippen LogP contribution in [0.3, 0.4) is 0 Å². The summed E-state index contributed by atoms with van der Waals surface area (Å²) in [5, 5.41) is 6.49. The van der Waals surface area contributed by atoms with Crippen molar-refractivity contribution < 1.29 is 0 Å². The maximum Gasteiger partial charge on any atom is 0.253 e. The fourth-order valence-electron chi connectivity index (χ4n) is 4.47. The SMILES string of the molecule is CCCCCCCCN(CCCCCCCC)CCNc1c(NCCCC(C)(C)C)c(=O)c1=O. The predicted octanol–water partition coefficient (Wildman–Crippen LogP) is 6.96. The normalized spacial score (nSPS) is 12.1. The van der Waals surface area contributed by atoms with Crippen molar-refractivity contribution in [3.05, 3.63) is 20.4 Å². The van der Waals surface area contributed by atoms with Crippen LogP contribution in [0.1, 0.15) is 125 Å². The molecule has 5 nitrogen and oxygen atoms in total. The molecule has 1 rings (SSSR count). The molecule has 34 heavy (non-hydrogen) atoms. The number of hydrogen-bond donors (Lipinski definition) is 2. The minimum absolute atomic E-state index is 0.284. The van der Waals surface area contributed by atoms with Crippen molar-refractivity contribution in [3.8, 4) is 0 Å². The van der Waals surface area contributed by atoms with Crippen LogP contribution in [0.2, 0.25) is 0 Å². The van der Waals surface area contributed by atoms with Gasteiger partial charge in [-0.1, -0.05) is 98.8 Å². The highest BCUT2D eigenvalue weighted by atomic mass is 16.2. The molecule has 5 heteroatoms. The van der Waals surface area contributed by atoms with E-state index in [0.29, 0.717) is 17.9 Å². The lowest BCUT2D eigenvalue weighted by molar-refractivity contribution is 0.269. The van der Waals surface area contributed by atoms with E-state index < -0.39 is 0 Å². The molecule has 0 saturated heterocycles. The van der Waals surface area contributed by atoms with Gasteiger partial charge in [0, 0.05) is 19.6 Å². The van der Waals surface area contributed by atoms with Crippen LogP contribution >= 0.6 is 0 Å². The van der Waals surface area contributed by atoms with Gasteiger partial charge >= 0.3 is 0 Å². The van der Waals surface area contributed by atoms with Crippen molar-refractivity contribution in [2.75, 3.05) is 43.4 Å². The maximum atomic E-state index is 12.1. The lowest BCUT2D eigenvalue weighted by atomic mass is 9.90. The third-order valence-corrected chi connectivity index (χ3v) is 6.70. The Hall–Kier alpha value is -1.36. The van der Waals surface area contributed by atoms with Crippen molar-refractivity contribution in [1.82, 2.24) is 4.90 Å². The third kappa shape index (κ3) is 13.5. The van der Waals surface area contributed by atoms with E-state index in [9.17, 15) is 9.59 Å². The summed E-state index contributed by atoms with van der Waals surface area (Å²) in [5.74, 6) is 0. The molecule has 0 aliphatic heterocycles. The summed E-state index contributed by atoms with van der Waals surface area (Å²) in [5.41, 5.74) is 0.551. The van der Waals surface area contributed by atoms with E-state index in [1.165, 1.54) is 77.0 Å². The largest absolute Gasteiger partial charge is 0.380 e. The van der Waals surface area contributed by atoms with Gasteiger partial charge in [-0.25, -0.2) is 0 Å². The second-order valence-electron chi connectivity index (χ2n) is 11.3. The number of unbranched alkanes of at least 4 members (excludes halogenated alkanes) is 10. The van der Waals surface area contributed by atoms with E-state index >= 15 is 0 Å². The molecule has 0 saturated carbocycles. The molecule has 0 atom stereocenters. The minimum atomic E-state index is -0.366. The number of hydrogen-bond acceptors (Lipinski definition) is 5. The average molecular weight is 478 g/mol. The highest BCUT2D eigenvalue weighted by Crippen LogP contribution is 2.21. The van der Waals surface area contributed by atoms with Gasteiger partial charge in [-0.2, -0.15) is 0 Å². The molecular formula is C29H55N3O2. The smallest absolute Gasteiger partial charge is 0.253 e. The summed E-state index contributed by atoms with van der Waals surface area (Å²) < 4.78 is 0. The Morgan fingerprint density at radius 2 is 1.03 bits per heavy atom. The molecule has 198 valence electrons. The standard InChI is InChI=1S/C29H55N3O2/c1-6-8-10-12-14-16-22-32(23-17-15-13-11-9-7-2)24-21-31-26-25(27(33)28(26)34)30-20-18-19-29(3,4)5/h30-31H,6-24H2,1-5H3. The summed E-state index contributed by atoms with van der Waals surface area (Å²) in [7, 11) is 0. The first-order valence-corrected chi connectivity index (χ1v) is 14.3. The first-order valence-electron chi connectivity index (χ1n) is 14.3. The minimum Gasteiger partial charge on any atom is -0.380 e. The van der Waals surface area contributed by atoms with Crippen LogP contribution < -0.4 is 21.5 Å². The van der Waals surface area contributed by atoms with Crippen molar-refractivity contribution in [3.63, 3.8) is 0 Å². The van der Waals surface area contributed by atoms with Crippen molar-refractivity contribution in [1.29, 1.82) is 0 Å². The van der Waals surface area contributed by atoms with Crippen LogP contribution in [0, 0.1) is 5.41 Å². The average Bonchev–Trinajstić information content (AvgIpc) is 2.80. The van der Waals surface area contributed by atoms with Crippen LogP contribution in [-0.4, -0.2) is 37.6 Å². The highest BCUT2D eigenvalue weighted by molar-refractivity contribution is 5.73. The van der Waals surface area contributed by atoms with Crippen LogP contribution in [0.5, 0.6) is 0 Å². The molecule has 0 aromatic heterocycles. The van der Waals surface area contributed by atoms with Gasteiger partial charge in [-0.3, -0.25) is 9.59 Å². The van der Waals surface area contributed by atoms with Gasteiger partial charge in [0.05, 0.1) is 0 Å². The molecule has 1 aromatic carbocycles. The molecule has 2 N–H and O–H groups in total. The van der Waals surface area contributed by atoms with Gasteiger partial charge in [-0.05, 0) is 44.2 Å². The van der Waals surface area contributed by atoms with Crippen molar-refractivity contribution in [2.24, 2.45) is 5.41 Å². The summed E-state index contributed by atoms with van der Waals surface area (Å²) in [6.45, 7) is 15.8. The molecule has 0 heterocycles. The zero-order valence-electron chi connectivity index (χ0n) is 23.2. The fraction of sp³-hybridized carbons (Fsp3) is 0.862. The molecule has 0 unspecified atom stereocenters. The third-order valence-electron chi connectivity index (χ3n) is 6.70. The van der Waals surface area contributed by atoms with Crippen LogP contribution in [0.4, 0.5) is 11.4 Å². The van der Waals surface area contributed by atoms with Gasteiger partial charge < -0.3 is 15.5 Å². The highest BCUT2D eigenvalue weighted by Gasteiger charge is 2.20. The molecule has 0 fully saturated rings. The summed E-state index contributed by atoms with van der Waals surface area (Å²) in [6.07, 6.45) is 17.9. The molecular weight excluding hydrogens is 422 g/mol. The molecule has 0 aliphatic carbocycles. The fourth-order valence-corrected chi connectivity index (χ4v) is 4.47. The second kappa shape index (κ2) is 18.0. The quantitative estimate of drug-likeness (QED) is 0.140. The van der Waals surface area contributed by atoms with E-state index in [1.807, 2.05) is 0 Å². The molecule has 1 aromatic rings. The molecule has 0 aliphatic rings. The summed E-state index contributed by atoms with van der Waals surface area (Å²) in [6, 6.07) is 0. The van der Waals surface area contributed by atoms with E-state index in [1.54, 1.807) is 0 Å². The second-order valence-corrected chi connectivity index (χ2v) is 11.3. The number of nitrogens with zero attached hydrogens (tertiary/aromatic N) is 1. The van der Waals surface area contributed by atoms with Gasteiger partial charge in [-0.15, -0.1) is 0 Å². The van der Waals surface area contributed by atoms with Gasteiger partial charge in [0.15, 0.2) is 0 Å². The Balaban J connectivity index is 2.44. The molecule has 0 spiro atoms. The Labute approximate surface area is 210 Å². The van der Waals surface area contributed by atoms with Crippen LogP contribution in [0.15, 0.2) is 9.59 Å². The molecule has 0 amide bonds. The molecule has 0 radical (unpaired) electrons.